The molecule has 0 aliphatic heterocycles. The van der Waals surface area contributed by atoms with E-state index in [0.29, 0.717) is 33.9 Å². The van der Waals surface area contributed by atoms with Crippen molar-refractivity contribution in [3.05, 3.63) is 124 Å². The number of benzene rings is 4. The Morgan fingerprint density at radius 2 is 1.54 bits per heavy atom. The number of carboxylic acids is 1. The topological polar surface area (TPSA) is 98.5 Å². The molecule has 0 aliphatic rings. The summed E-state index contributed by atoms with van der Waals surface area (Å²) in [6.45, 7) is 0.611. The van der Waals surface area contributed by atoms with Crippen LogP contribution in [0, 0.1) is 0 Å². The van der Waals surface area contributed by atoms with Crippen molar-refractivity contribution < 1.29 is 23.1 Å². The Labute approximate surface area is 247 Å². The van der Waals surface area contributed by atoms with Gasteiger partial charge in [-0.2, -0.15) is 0 Å². The van der Waals surface area contributed by atoms with Gasteiger partial charge in [-0.15, -0.1) is 0 Å². The van der Waals surface area contributed by atoms with Gasteiger partial charge in [0.1, 0.15) is 18.2 Å². The molecule has 0 unspecified atom stereocenters. The minimum absolute atomic E-state index is 0.167. The third kappa shape index (κ3) is 6.79. The summed E-state index contributed by atoms with van der Waals surface area (Å²) >= 11 is 12.5. The van der Waals surface area contributed by atoms with Crippen LogP contribution in [0.3, 0.4) is 0 Å². The minimum Gasteiger partial charge on any atom is -0.486 e. The third-order valence-corrected chi connectivity index (χ3v) is 8.13. The van der Waals surface area contributed by atoms with E-state index in [4.69, 9.17) is 32.9 Å². The van der Waals surface area contributed by atoms with Gasteiger partial charge in [-0.3, -0.25) is 0 Å². The second-order valence-electron chi connectivity index (χ2n) is 9.41. The summed E-state index contributed by atoms with van der Waals surface area (Å²) in [5, 5.41) is 10.2. The highest BCUT2D eigenvalue weighted by atomic mass is 35.5. The van der Waals surface area contributed by atoms with E-state index in [1.807, 2.05) is 41.1 Å². The molecule has 0 amide bonds. The van der Waals surface area contributed by atoms with E-state index >= 15 is 0 Å². The molecule has 0 fully saturated rings. The summed E-state index contributed by atoms with van der Waals surface area (Å²) in [4.78, 5) is 16.3. The van der Waals surface area contributed by atoms with E-state index in [2.05, 4.69) is 0 Å². The maximum Gasteiger partial charge on any atom is 0.335 e. The molecule has 1 aromatic heterocycles. The van der Waals surface area contributed by atoms with Gasteiger partial charge in [-0.25, -0.2) is 18.2 Å². The molecule has 4 aromatic carbocycles. The first-order chi connectivity index (χ1) is 19.6. The van der Waals surface area contributed by atoms with Crippen molar-refractivity contribution in [2.75, 3.05) is 6.26 Å². The zero-order chi connectivity index (χ0) is 29.1. The highest BCUT2D eigenvalue weighted by Crippen LogP contribution is 2.31. The van der Waals surface area contributed by atoms with E-state index in [0.717, 1.165) is 22.3 Å². The molecule has 1 heterocycles. The highest BCUT2D eigenvalue weighted by Gasteiger charge is 2.15. The number of ether oxygens (including phenoxy) is 1. The van der Waals surface area contributed by atoms with Crippen molar-refractivity contribution in [2.24, 2.45) is 0 Å². The van der Waals surface area contributed by atoms with E-state index < -0.39 is 15.8 Å². The van der Waals surface area contributed by atoms with Crippen molar-refractivity contribution >= 4 is 39.0 Å². The molecule has 5 aromatic rings. The van der Waals surface area contributed by atoms with Crippen LogP contribution < -0.4 is 4.74 Å². The fourth-order valence-electron chi connectivity index (χ4n) is 4.27. The smallest absolute Gasteiger partial charge is 0.335 e. The fraction of sp³-hybridized carbons (Fsp3) is 0.0968. The van der Waals surface area contributed by atoms with Crippen LogP contribution in [0.5, 0.6) is 5.75 Å². The van der Waals surface area contributed by atoms with Crippen molar-refractivity contribution in [1.29, 1.82) is 0 Å². The summed E-state index contributed by atoms with van der Waals surface area (Å²) in [6, 6.07) is 26.1. The van der Waals surface area contributed by atoms with E-state index in [1.165, 1.54) is 6.26 Å². The summed E-state index contributed by atoms with van der Waals surface area (Å²) in [6.07, 6.45) is 3.06. The van der Waals surface area contributed by atoms with Crippen molar-refractivity contribution in [2.45, 2.75) is 18.0 Å². The maximum atomic E-state index is 11.7. The van der Waals surface area contributed by atoms with Gasteiger partial charge in [0.2, 0.25) is 0 Å². The van der Waals surface area contributed by atoms with E-state index in [9.17, 15) is 18.3 Å². The molecule has 5 rings (SSSR count). The lowest BCUT2D eigenvalue weighted by Gasteiger charge is -2.10. The molecular weight excluding hydrogens is 583 g/mol. The number of aromatic nitrogens is 2. The number of carboxylic acid groups (broad SMARTS) is 1. The molecule has 0 saturated carbocycles. The second kappa shape index (κ2) is 11.8. The molecule has 208 valence electrons. The molecule has 0 radical (unpaired) electrons. The number of nitrogens with zero attached hydrogens (tertiary/aromatic N) is 2. The van der Waals surface area contributed by atoms with Gasteiger partial charge in [0.05, 0.1) is 21.2 Å². The summed E-state index contributed by atoms with van der Waals surface area (Å²) in [7, 11) is -3.26. The second-order valence-corrected chi connectivity index (χ2v) is 12.3. The number of carbonyl (C=O) groups is 1. The van der Waals surface area contributed by atoms with Crippen LogP contribution in [0.15, 0.2) is 102 Å². The van der Waals surface area contributed by atoms with Gasteiger partial charge in [-0.05, 0) is 71.3 Å². The lowest BCUT2D eigenvalue weighted by Crippen LogP contribution is -2.08. The van der Waals surface area contributed by atoms with Gasteiger partial charge in [0.15, 0.2) is 9.84 Å². The molecule has 0 bridgehead atoms. The van der Waals surface area contributed by atoms with Gasteiger partial charge in [-0.1, -0.05) is 59.6 Å². The predicted molar refractivity (Wildman–Crippen MR) is 160 cm³/mol. The molecular formula is C31H24Cl2N2O5S. The largest absolute Gasteiger partial charge is 0.486 e. The number of imidazole rings is 1. The highest BCUT2D eigenvalue weighted by molar-refractivity contribution is 7.90. The van der Waals surface area contributed by atoms with Gasteiger partial charge in [0, 0.05) is 29.6 Å². The van der Waals surface area contributed by atoms with Crippen LogP contribution in [0.1, 0.15) is 21.7 Å². The van der Waals surface area contributed by atoms with Crippen LogP contribution in [0.25, 0.3) is 22.4 Å². The van der Waals surface area contributed by atoms with Gasteiger partial charge in [0.25, 0.3) is 0 Å². The summed E-state index contributed by atoms with van der Waals surface area (Å²) in [5.74, 6) is 0.298. The van der Waals surface area contributed by atoms with Crippen LogP contribution >= 0.6 is 23.2 Å². The normalized spacial score (nSPS) is 11.4. The summed E-state index contributed by atoms with van der Waals surface area (Å²) in [5.41, 5.74) is 4.30. The molecule has 0 atom stereocenters. The number of hydrogen-bond donors (Lipinski definition) is 1. The lowest BCUT2D eigenvalue weighted by atomic mass is 10.1. The first-order valence-electron chi connectivity index (χ1n) is 12.4. The lowest BCUT2D eigenvalue weighted by molar-refractivity contribution is 0.0697. The van der Waals surface area contributed by atoms with E-state index in [1.54, 1.807) is 60.7 Å². The van der Waals surface area contributed by atoms with Crippen LogP contribution in [-0.2, 0) is 23.0 Å². The van der Waals surface area contributed by atoms with Crippen molar-refractivity contribution in [1.82, 2.24) is 9.55 Å². The third-order valence-electron chi connectivity index (χ3n) is 6.46. The Morgan fingerprint density at radius 1 is 0.902 bits per heavy atom. The predicted octanol–water partition coefficient (Wildman–Crippen LogP) is 7.25. The zero-order valence-electron chi connectivity index (χ0n) is 21.8. The first-order valence-corrected chi connectivity index (χ1v) is 15.1. The Bertz CT molecular complexity index is 1820. The SMILES string of the molecule is CS(=O)(=O)c1ccc(-c2ccc(OCc3nc(-c4ccc(Cl)cc4Cl)cn3Cc3ccc(C(=O)O)cc3)cc2)cc1. The number of hydrogen-bond acceptors (Lipinski definition) is 5. The van der Waals surface area contributed by atoms with Crippen molar-refractivity contribution in [3.8, 4) is 28.1 Å². The first kappa shape index (κ1) is 28.4. The minimum atomic E-state index is -3.26. The number of sulfone groups is 1. The number of rotatable bonds is 9. The van der Waals surface area contributed by atoms with Gasteiger partial charge >= 0.3 is 5.97 Å². The molecule has 7 nitrogen and oxygen atoms in total. The average Bonchev–Trinajstić information content (AvgIpc) is 3.34. The number of halogens is 2. The quantitative estimate of drug-likeness (QED) is 0.190. The fourth-order valence-corrected chi connectivity index (χ4v) is 5.40. The Morgan fingerprint density at radius 3 is 2.12 bits per heavy atom. The number of aromatic carboxylic acids is 1. The van der Waals surface area contributed by atoms with Crippen LogP contribution in [0.2, 0.25) is 10.0 Å². The standard InChI is InChI=1S/C31H24Cl2N2O5S/c1-41(38,39)26-13-8-22(9-14-26)21-6-11-25(12-7-21)40-19-30-34-29(27-15-10-24(32)16-28(27)33)18-35(30)17-20-2-4-23(5-3-20)31(36)37/h2-16,18H,17,19H2,1H3,(H,36,37). The van der Waals surface area contributed by atoms with E-state index in [-0.39, 0.29) is 17.1 Å². The maximum absolute atomic E-state index is 11.7. The zero-order valence-corrected chi connectivity index (χ0v) is 24.1. The summed E-state index contributed by atoms with van der Waals surface area (Å²) < 4.78 is 31.5. The monoisotopic (exact) mass is 606 g/mol. The Kier molecular flexibility index (Phi) is 8.17. The molecule has 0 saturated heterocycles. The average molecular weight is 608 g/mol. The van der Waals surface area contributed by atoms with Crippen LogP contribution in [0.4, 0.5) is 0 Å². The molecule has 1 N–H and O–H groups in total. The molecule has 41 heavy (non-hydrogen) atoms. The van der Waals surface area contributed by atoms with Crippen molar-refractivity contribution in [3.63, 3.8) is 0 Å². The Balaban J connectivity index is 1.37. The van der Waals surface area contributed by atoms with Crippen LogP contribution in [-0.4, -0.2) is 35.3 Å². The molecule has 0 spiro atoms. The molecule has 10 heteroatoms. The Hall–Kier alpha value is -4.11. The van der Waals surface area contributed by atoms with Gasteiger partial charge < -0.3 is 14.4 Å². The molecule has 0 aliphatic carbocycles.